The minimum absolute atomic E-state index is 0.0367. The maximum Gasteiger partial charge on any atom is 0.251 e. The van der Waals surface area contributed by atoms with Gasteiger partial charge in [-0.1, -0.05) is 0 Å². The molecular formula is C14H23N3O3. The van der Waals surface area contributed by atoms with E-state index in [0.717, 1.165) is 12.1 Å². The molecule has 0 heterocycles. The van der Waals surface area contributed by atoms with Gasteiger partial charge >= 0.3 is 0 Å². The first-order chi connectivity index (χ1) is 9.69. The summed E-state index contributed by atoms with van der Waals surface area (Å²) in [7, 11) is 0. The van der Waals surface area contributed by atoms with Crippen LogP contribution in [0.25, 0.3) is 0 Å². The molecule has 0 bridgehead atoms. The Morgan fingerprint density at radius 1 is 1.40 bits per heavy atom. The second kappa shape index (κ2) is 9.17. The summed E-state index contributed by atoms with van der Waals surface area (Å²) in [5, 5.41) is 14.5. The van der Waals surface area contributed by atoms with Gasteiger partial charge in [0.2, 0.25) is 0 Å². The Kier molecular flexibility index (Phi) is 7.46. The molecule has 5 N–H and O–H groups in total. The highest BCUT2D eigenvalue weighted by molar-refractivity contribution is 5.96. The minimum atomic E-state index is -0.109. The Balaban J connectivity index is 2.48. The van der Waals surface area contributed by atoms with E-state index in [2.05, 4.69) is 10.6 Å². The Bertz CT molecular complexity index is 424. The normalized spacial score (nSPS) is 10.3. The van der Waals surface area contributed by atoms with Gasteiger partial charge in [-0.3, -0.25) is 4.79 Å². The van der Waals surface area contributed by atoms with Gasteiger partial charge in [0, 0.05) is 25.3 Å². The second-order valence-corrected chi connectivity index (χ2v) is 4.28. The Hall–Kier alpha value is -1.79. The van der Waals surface area contributed by atoms with Crippen molar-refractivity contribution >= 4 is 17.3 Å². The van der Waals surface area contributed by atoms with Crippen LogP contribution in [-0.2, 0) is 4.74 Å². The van der Waals surface area contributed by atoms with E-state index < -0.39 is 0 Å². The Morgan fingerprint density at radius 3 is 2.90 bits per heavy atom. The number of rotatable bonds is 9. The lowest BCUT2D eigenvalue weighted by atomic mass is 10.1. The number of hydrogen-bond acceptors (Lipinski definition) is 5. The second-order valence-electron chi connectivity index (χ2n) is 4.28. The molecule has 1 aromatic carbocycles. The van der Waals surface area contributed by atoms with Crippen molar-refractivity contribution in [3.63, 3.8) is 0 Å². The summed E-state index contributed by atoms with van der Waals surface area (Å²) >= 11 is 0. The molecule has 0 aliphatic rings. The molecule has 1 amide bonds. The van der Waals surface area contributed by atoms with Crippen molar-refractivity contribution in [3.05, 3.63) is 23.8 Å². The molecule has 112 valence electrons. The number of aliphatic hydroxyl groups is 1. The fraction of sp³-hybridized carbons (Fsp3) is 0.500. The first-order valence-corrected chi connectivity index (χ1v) is 6.79. The first kappa shape index (κ1) is 16.3. The van der Waals surface area contributed by atoms with Gasteiger partial charge < -0.3 is 26.2 Å². The summed E-state index contributed by atoms with van der Waals surface area (Å²) in [6, 6.07) is 5.17. The van der Waals surface area contributed by atoms with E-state index in [4.69, 9.17) is 15.6 Å². The summed E-state index contributed by atoms with van der Waals surface area (Å²) in [4.78, 5) is 11.7. The van der Waals surface area contributed by atoms with Crippen LogP contribution in [0, 0.1) is 0 Å². The lowest BCUT2D eigenvalue weighted by Gasteiger charge is -2.11. The number of nitrogens with two attached hydrogens (primary N) is 1. The lowest BCUT2D eigenvalue weighted by Crippen LogP contribution is -2.22. The van der Waals surface area contributed by atoms with Gasteiger partial charge in [-0.05, 0) is 31.5 Å². The lowest BCUT2D eigenvalue weighted by molar-refractivity contribution is 0.0922. The van der Waals surface area contributed by atoms with Gasteiger partial charge in [-0.15, -0.1) is 0 Å². The van der Waals surface area contributed by atoms with Crippen LogP contribution < -0.4 is 16.4 Å². The molecule has 1 aromatic rings. The van der Waals surface area contributed by atoms with Gasteiger partial charge in [0.25, 0.3) is 5.91 Å². The van der Waals surface area contributed by atoms with E-state index >= 15 is 0 Å². The molecular weight excluding hydrogens is 258 g/mol. The number of carbonyl (C=O) groups excluding carboxylic acids is 1. The highest BCUT2D eigenvalue weighted by Crippen LogP contribution is 2.20. The van der Waals surface area contributed by atoms with Gasteiger partial charge in [0.1, 0.15) is 0 Å². The van der Waals surface area contributed by atoms with E-state index in [0.29, 0.717) is 37.6 Å². The summed E-state index contributed by atoms with van der Waals surface area (Å²) < 4.78 is 5.16. The van der Waals surface area contributed by atoms with Gasteiger partial charge in [0.05, 0.1) is 24.6 Å². The van der Waals surface area contributed by atoms with E-state index in [1.54, 1.807) is 18.2 Å². The zero-order valence-electron chi connectivity index (χ0n) is 11.8. The van der Waals surface area contributed by atoms with Gasteiger partial charge in [-0.25, -0.2) is 0 Å². The van der Waals surface area contributed by atoms with Crippen LogP contribution in [0.15, 0.2) is 18.2 Å². The van der Waals surface area contributed by atoms with Crippen molar-refractivity contribution in [2.45, 2.75) is 13.3 Å². The summed E-state index contributed by atoms with van der Waals surface area (Å²) in [6.45, 7) is 4.12. The molecule has 0 aliphatic carbocycles. The first-order valence-electron chi connectivity index (χ1n) is 6.79. The Labute approximate surface area is 119 Å². The third-order valence-electron chi connectivity index (χ3n) is 2.67. The van der Waals surface area contributed by atoms with Crippen LogP contribution in [0.1, 0.15) is 23.7 Å². The smallest absolute Gasteiger partial charge is 0.251 e. The van der Waals surface area contributed by atoms with Crippen molar-refractivity contribution < 1.29 is 14.6 Å². The van der Waals surface area contributed by atoms with Crippen molar-refractivity contribution in [1.29, 1.82) is 0 Å². The van der Waals surface area contributed by atoms with Crippen LogP contribution >= 0.6 is 0 Å². The summed E-state index contributed by atoms with van der Waals surface area (Å²) in [5.41, 5.74) is 7.80. The molecule has 0 saturated heterocycles. The minimum Gasteiger partial charge on any atom is -0.397 e. The quantitative estimate of drug-likeness (QED) is 0.397. The number of anilines is 2. The highest BCUT2D eigenvalue weighted by Gasteiger charge is 2.07. The van der Waals surface area contributed by atoms with E-state index in [9.17, 15) is 4.79 Å². The molecule has 0 atom stereocenters. The fourth-order valence-electron chi connectivity index (χ4n) is 1.68. The third-order valence-corrected chi connectivity index (χ3v) is 2.67. The van der Waals surface area contributed by atoms with Gasteiger partial charge in [0.15, 0.2) is 0 Å². The molecule has 0 saturated carbocycles. The highest BCUT2D eigenvalue weighted by atomic mass is 16.5. The number of nitrogens with one attached hydrogen (secondary N) is 2. The predicted molar refractivity (Wildman–Crippen MR) is 79.9 cm³/mol. The molecule has 0 aromatic heterocycles. The molecule has 0 aliphatic heterocycles. The van der Waals surface area contributed by atoms with Crippen LogP contribution in [0.5, 0.6) is 0 Å². The average Bonchev–Trinajstić information content (AvgIpc) is 2.44. The zero-order valence-corrected chi connectivity index (χ0v) is 11.8. The number of amides is 1. The van der Waals surface area contributed by atoms with Crippen LogP contribution in [0.4, 0.5) is 11.4 Å². The number of benzene rings is 1. The fourth-order valence-corrected chi connectivity index (χ4v) is 1.68. The molecule has 6 nitrogen and oxygen atoms in total. The van der Waals surface area contributed by atoms with Crippen LogP contribution in [0.3, 0.4) is 0 Å². The molecule has 0 spiro atoms. The van der Waals surface area contributed by atoms with Gasteiger partial charge in [-0.2, -0.15) is 0 Å². The average molecular weight is 281 g/mol. The zero-order chi connectivity index (χ0) is 14.8. The van der Waals surface area contributed by atoms with Crippen molar-refractivity contribution in [2.75, 3.05) is 44.0 Å². The molecule has 0 unspecified atom stereocenters. The van der Waals surface area contributed by atoms with E-state index in [1.165, 1.54) is 0 Å². The molecule has 6 heteroatoms. The standard InChI is InChI=1S/C14H23N3O3/c1-2-16-14(19)11-4-5-12(15)13(10-11)17-6-3-8-20-9-7-18/h4-5,10,17-18H,2-3,6-9,15H2,1H3,(H,16,19). The van der Waals surface area contributed by atoms with Crippen molar-refractivity contribution in [2.24, 2.45) is 0 Å². The largest absolute Gasteiger partial charge is 0.397 e. The number of aliphatic hydroxyl groups excluding tert-OH is 1. The Morgan fingerprint density at radius 2 is 2.20 bits per heavy atom. The molecule has 20 heavy (non-hydrogen) atoms. The predicted octanol–water partition coefficient (Wildman–Crippen LogP) is 0.829. The van der Waals surface area contributed by atoms with Crippen LogP contribution in [0.2, 0.25) is 0 Å². The van der Waals surface area contributed by atoms with Crippen LogP contribution in [-0.4, -0.2) is 43.9 Å². The third kappa shape index (κ3) is 5.46. The molecule has 1 rings (SSSR count). The van der Waals surface area contributed by atoms with E-state index in [1.807, 2.05) is 6.92 Å². The number of nitrogen functional groups attached to an aromatic ring is 1. The summed E-state index contributed by atoms with van der Waals surface area (Å²) in [6.07, 6.45) is 0.796. The maximum absolute atomic E-state index is 11.7. The topological polar surface area (TPSA) is 96.6 Å². The SMILES string of the molecule is CCNC(=O)c1ccc(N)c(NCCCOCCO)c1. The van der Waals surface area contributed by atoms with Crippen molar-refractivity contribution in [3.8, 4) is 0 Å². The monoisotopic (exact) mass is 281 g/mol. The molecule has 0 fully saturated rings. The number of hydrogen-bond donors (Lipinski definition) is 4. The summed E-state index contributed by atoms with van der Waals surface area (Å²) in [5.74, 6) is -0.109. The number of ether oxygens (including phenoxy) is 1. The van der Waals surface area contributed by atoms with Crippen molar-refractivity contribution in [1.82, 2.24) is 5.32 Å². The van der Waals surface area contributed by atoms with E-state index in [-0.39, 0.29) is 12.5 Å². The molecule has 0 radical (unpaired) electrons. The maximum atomic E-state index is 11.7. The number of carbonyl (C=O) groups is 1.